The number of nitrogens with one attached hydrogen (secondary N) is 1. The van der Waals surface area contributed by atoms with Crippen molar-refractivity contribution in [3.8, 4) is 5.75 Å². The molecule has 122 valence electrons. The van der Waals surface area contributed by atoms with Crippen LogP contribution in [0.5, 0.6) is 5.75 Å². The Hall–Kier alpha value is -1.91. The highest BCUT2D eigenvalue weighted by atomic mass is 35.5. The summed E-state index contributed by atoms with van der Waals surface area (Å²) >= 11 is 12.2. The van der Waals surface area contributed by atoms with Gasteiger partial charge in [-0.3, -0.25) is 4.79 Å². The minimum absolute atomic E-state index is 0.124. The van der Waals surface area contributed by atoms with E-state index in [0.717, 1.165) is 16.7 Å². The van der Waals surface area contributed by atoms with Crippen molar-refractivity contribution in [2.45, 2.75) is 20.8 Å². The van der Waals surface area contributed by atoms with Crippen molar-refractivity contribution in [1.82, 2.24) is 0 Å². The summed E-state index contributed by atoms with van der Waals surface area (Å²) in [5, 5.41) is 3.84. The van der Waals surface area contributed by atoms with Crippen LogP contribution in [0, 0.1) is 20.8 Å². The van der Waals surface area contributed by atoms with E-state index in [2.05, 4.69) is 5.32 Å². The summed E-state index contributed by atoms with van der Waals surface area (Å²) in [5.41, 5.74) is 9.39. The molecule has 0 aliphatic heterocycles. The van der Waals surface area contributed by atoms with Crippen LogP contribution in [0.25, 0.3) is 0 Å². The molecule has 0 fully saturated rings. The molecule has 0 saturated carbocycles. The highest BCUT2D eigenvalue weighted by Crippen LogP contribution is 2.29. The molecule has 0 aliphatic carbocycles. The van der Waals surface area contributed by atoms with Crippen molar-refractivity contribution in [3.63, 3.8) is 0 Å². The Bertz CT molecular complexity index is 714. The molecule has 23 heavy (non-hydrogen) atoms. The van der Waals surface area contributed by atoms with Gasteiger partial charge in [-0.05, 0) is 61.7 Å². The van der Waals surface area contributed by atoms with Crippen LogP contribution in [0.3, 0.4) is 0 Å². The molecule has 0 unspecified atom stereocenters. The number of ether oxygens (including phenoxy) is 1. The SMILES string of the molecule is Cc1cc(OCC(=O)Nc2c(C)cc(N)cc2Cl)cc(C)c1Cl. The number of nitrogens with two attached hydrogens (primary N) is 1. The van der Waals surface area contributed by atoms with Gasteiger partial charge >= 0.3 is 0 Å². The Morgan fingerprint density at radius 2 is 1.70 bits per heavy atom. The van der Waals surface area contributed by atoms with Gasteiger partial charge in [0.05, 0.1) is 10.7 Å². The molecule has 0 aliphatic rings. The fraction of sp³-hybridized carbons (Fsp3) is 0.235. The number of benzene rings is 2. The second-order valence-electron chi connectivity index (χ2n) is 5.40. The predicted molar refractivity (Wildman–Crippen MR) is 95.7 cm³/mol. The zero-order valence-electron chi connectivity index (χ0n) is 13.2. The second kappa shape index (κ2) is 7.11. The highest BCUT2D eigenvalue weighted by molar-refractivity contribution is 6.34. The molecule has 2 aromatic rings. The standard InChI is InChI=1S/C17H18Cl2N2O2/c1-9-5-13(6-10(2)16(9)19)23-8-15(22)21-17-11(3)4-12(20)7-14(17)18/h4-7H,8,20H2,1-3H3,(H,21,22). The summed E-state index contributed by atoms with van der Waals surface area (Å²) in [7, 11) is 0. The lowest BCUT2D eigenvalue weighted by Gasteiger charge is -2.13. The number of nitrogen functional groups attached to an aromatic ring is 1. The van der Waals surface area contributed by atoms with Crippen LogP contribution < -0.4 is 15.8 Å². The maximum Gasteiger partial charge on any atom is 0.262 e. The van der Waals surface area contributed by atoms with Crippen molar-refractivity contribution in [2.24, 2.45) is 0 Å². The Morgan fingerprint density at radius 3 is 2.26 bits per heavy atom. The molecule has 0 bridgehead atoms. The summed E-state index contributed by atoms with van der Waals surface area (Å²) in [4.78, 5) is 12.1. The molecule has 2 rings (SSSR count). The predicted octanol–water partition coefficient (Wildman–Crippen LogP) is 4.52. The van der Waals surface area contributed by atoms with E-state index < -0.39 is 0 Å². The van der Waals surface area contributed by atoms with Crippen LogP contribution in [-0.4, -0.2) is 12.5 Å². The Labute approximate surface area is 145 Å². The first-order valence-corrected chi connectivity index (χ1v) is 7.78. The summed E-state index contributed by atoms with van der Waals surface area (Å²) in [6, 6.07) is 6.93. The number of hydrogen-bond acceptors (Lipinski definition) is 3. The van der Waals surface area contributed by atoms with Crippen molar-refractivity contribution >= 4 is 40.5 Å². The molecule has 1 amide bonds. The second-order valence-corrected chi connectivity index (χ2v) is 6.19. The van der Waals surface area contributed by atoms with Crippen LogP contribution in [0.2, 0.25) is 10.0 Å². The molecule has 4 nitrogen and oxygen atoms in total. The molecule has 0 aromatic heterocycles. The van der Waals surface area contributed by atoms with Gasteiger partial charge in [-0.15, -0.1) is 0 Å². The van der Waals surface area contributed by atoms with E-state index in [1.54, 1.807) is 24.3 Å². The first-order valence-electron chi connectivity index (χ1n) is 7.03. The molecule has 0 heterocycles. The lowest BCUT2D eigenvalue weighted by atomic mass is 10.1. The first-order chi connectivity index (χ1) is 10.8. The molecule has 2 aromatic carbocycles. The molecule has 0 atom stereocenters. The van der Waals surface area contributed by atoms with E-state index in [0.29, 0.717) is 27.2 Å². The average molecular weight is 353 g/mol. The normalized spacial score (nSPS) is 10.5. The fourth-order valence-electron chi connectivity index (χ4n) is 2.24. The van der Waals surface area contributed by atoms with Crippen molar-refractivity contribution < 1.29 is 9.53 Å². The van der Waals surface area contributed by atoms with Gasteiger partial charge in [-0.25, -0.2) is 0 Å². The Balaban J connectivity index is 2.04. The van der Waals surface area contributed by atoms with Crippen LogP contribution in [0.4, 0.5) is 11.4 Å². The minimum Gasteiger partial charge on any atom is -0.484 e. The third-order valence-corrected chi connectivity index (χ3v) is 4.25. The molecule has 0 spiro atoms. The molecule has 3 N–H and O–H groups in total. The Morgan fingerprint density at radius 1 is 1.09 bits per heavy atom. The average Bonchev–Trinajstić information content (AvgIpc) is 2.46. The van der Waals surface area contributed by atoms with Gasteiger partial charge in [0.15, 0.2) is 6.61 Å². The zero-order valence-corrected chi connectivity index (χ0v) is 14.7. The summed E-state index contributed by atoms with van der Waals surface area (Å²) < 4.78 is 5.52. The van der Waals surface area contributed by atoms with Crippen LogP contribution in [-0.2, 0) is 4.79 Å². The van der Waals surface area contributed by atoms with Crippen molar-refractivity contribution in [2.75, 3.05) is 17.7 Å². The van der Waals surface area contributed by atoms with Crippen LogP contribution >= 0.6 is 23.2 Å². The highest BCUT2D eigenvalue weighted by Gasteiger charge is 2.11. The largest absolute Gasteiger partial charge is 0.484 e. The molecular weight excluding hydrogens is 335 g/mol. The maximum atomic E-state index is 12.1. The number of halogens is 2. The monoisotopic (exact) mass is 352 g/mol. The summed E-state index contributed by atoms with van der Waals surface area (Å²) in [6.07, 6.45) is 0. The number of aryl methyl sites for hydroxylation is 3. The molecule has 6 heteroatoms. The minimum atomic E-state index is -0.301. The number of anilines is 2. The van der Waals surface area contributed by atoms with E-state index in [9.17, 15) is 4.79 Å². The Kier molecular flexibility index (Phi) is 5.39. The summed E-state index contributed by atoms with van der Waals surface area (Å²) in [6.45, 7) is 5.48. The van der Waals surface area contributed by atoms with Crippen LogP contribution in [0.15, 0.2) is 24.3 Å². The van der Waals surface area contributed by atoms with Gasteiger partial charge < -0.3 is 15.8 Å². The third kappa shape index (κ3) is 4.30. The summed E-state index contributed by atoms with van der Waals surface area (Å²) in [5.74, 6) is 0.296. The number of amides is 1. The zero-order chi connectivity index (χ0) is 17.1. The van der Waals surface area contributed by atoms with E-state index in [1.807, 2.05) is 20.8 Å². The van der Waals surface area contributed by atoms with E-state index in [-0.39, 0.29) is 12.5 Å². The lowest BCUT2D eigenvalue weighted by Crippen LogP contribution is -2.21. The van der Waals surface area contributed by atoms with Gasteiger partial charge in [0, 0.05) is 10.7 Å². The fourth-order valence-corrected chi connectivity index (χ4v) is 2.67. The number of rotatable bonds is 4. The number of carbonyl (C=O) groups is 1. The first kappa shape index (κ1) is 17.4. The van der Waals surface area contributed by atoms with Gasteiger partial charge in [0.25, 0.3) is 5.91 Å². The van der Waals surface area contributed by atoms with E-state index in [4.69, 9.17) is 33.7 Å². The number of hydrogen-bond donors (Lipinski definition) is 2. The number of carbonyl (C=O) groups excluding carboxylic acids is 1. The van der Waals surface area contributed by atoms with E-state index in [1.165, 1.54) is 0 Å². The molecule has 0 radical (unpaired) electrons. The van der Waals surface area contributed by atoms with Gasteiger partial charge in [0.1, 0.15) is 5.75 Å². The van der Waals surface area contributed by atoms with E-state index >= 15 is 0 Å². The quantitative estimate of drug-likeness (QED) is 0.795. The van der Waals surface area contributed by atoms with Gasteiger partial charge in [0.2, 0.25) is 0 Å². The van der Waals surface area contributed by atoms with Crippen molar-refractivity contribution in [1.29, 1.82) is 0 Å². The topological polar surface area (TPSA) is 64.3 Å². The molecular formula is C17H18Cl2N2O2. The molecule has 0 saturated heterocycles. The lowest BCUT2D eigenvalue weighted by molar-refractivity contribution is -0.118. The smallest absolute Gasteiger partial charge is 0.262 e. The maximum absolute atomic E-state index is 12.1. The third-order valence-electron chi connectivity index (χ3n) is 3.35. The van der Waals surface area contributed by atoms with Crippen molar-refractivity contribution in [3.05, 3.63) is 51.0 Å². The van der Waals surface area contributed by atoms with Gasteiger partial charge in [-0.1, -0.05) is 23.2 Å². The van der Waals surface area contributed by atoms with Crippen LogP contribution in [0.1, 0.15) is 16.7 Å². The van der Waals surface area contributed by atoms with Gasteiger partial charge in [-0.2, -0.15) is 0 Å².